The Morgan fingerprint density at radius 1 is 1.41 bits per heavy atom. The van der Waals surface area contributed by atoms with Crippen molar-refractivity contribution in [2.75, 3.05) is 26.0 Å². The number of aryl methyl sites for hydroxylation is 1. The van der Waals surface area contributed by atoms with E-state index in [1.807, 2.05) is 6.92 Å². The number of anilines is 1. The van der Waals surface area contributed by atoms with E-state index in [0.29, 0.717) is 24.3 Å². The Labute approximate surface area is 131 Å². The van der Waals surface area contributed by atoms with E-state index < -0.39 is 10.0 Å². The fourth-order valence-electron chi connectivity index (χ4n) is 2.23. The standard InChI is InChI=1S/C15H22N2O4S/c1-5-21-13-9-12(13)15(18)16-11-7-6-10(2)14(8-11)22(19,20)17(3)4/h6-8,12-13H,5,9H2,1-4H3,(H,16,18). The number of carbonyl (C=O) groups is 1. The van der Waals surface area contributed by atoms with Gasteiger partial charge in [0.05, 0.1) is 16.9 Å². The smallest absolute Gasteiger partial charge is 0.242 e. The molecule has 0 radical (unpaired) electrons. The van der Waals surface area contributed by atoms with Crippen LogP contribution in [0.4, 0.5) is 5.69 Å². The van der Waals surface area contributed by atoms with E-state index in [-0.39, 0.29) is 22.8 Å². The molecule has 2 unspecified atom stereocenters. The number of rotatable bonds is 6. The molecular formula is C15H22N2O4S. The topological polar surface area (TPSA) is 75.7 Å². The van der Waals surface area contributed by atoms with Crippen molar-refractivity contribution in [3.05, 3.63) is 23.8 Å². The fourth-order valence-corrected chi connectivity index (χ4v) is 3.38. The minimum Gasteiger partial charge on any atom is -0.378 e. The van der Waals surface area contributed by atoms with Crippen LogP contribution in [0.2, 0.25) is 0 Å². The highest BCUT2D eigenvalue weighted by molar-refractivity contribution is 7.89. The Morgan fingerprint density at radius 3 is 2.68 bits per heavy atom. The number of ether oxygens (including phenoxy) is 1. The number of amides is 1. The highest BCUT2D eigenvalue weighted by Crippen LogP contribution is 2.35. The lowest BCUT2D eigenvalue weighted by Gasteiger charge is -2.15. The lowest BCUT2D eigenvalue weighted by Crippen LogP contribution is -2.23. The molecule has 22 heavy (non-hydrogen) atoms. The molecule has 122 valence electrons. The van der Waals surface area contributed by atoms with Gasteiger partial charge in [0, 0.05) is 26.4 Å². The predicted molar refractivity (Wildman–Crippen MR) is 84.2 cm³/mol. The van der Waals surface area contributed by atoms with Gasteiger partial charge < -0.3 is 10.1 Å². The minimum atomic E-state index is -3.53. The molecule has 1 aliphatic carbocycles. The predicted octanol–water partition coefficient (Wildman–Crippen LogP) is 1.61. The zero-order valence-electron chi connectivity index (χ0n) is 13.3. The molecular weight excluding hydrogens is 304 g/mol. The summed E-state index contributed by atoms with van der Waals surface area (Å²) in [5.74, 6) is -0.273. The second-order valence-corrected chi connectivity index (χ2v) is 7.71. The lowest BCUT2D eigenvalue weighted by molar-refractivity contribution is -0.118. The van der Waals surface area contributed by atoms with E-state index in [1.54, 1.807) is 19.1 Å². The van der Waals surface area contributed by atoms with Gasteiger partial charge in [-0.15, -0.1) is 0 Å². The van der Waals surface area contributed by atoms with E-state index in [0.717, 1.165) is 4.31 Å². The average molecular weight is 326 g/mol. The van der Waals surface area contributed by atoms with Crippen molar-refractivity contribution in [1.82, 2.24) is 4.31 Å². The average Bonchev–Trinajstić information content (AvgIpc) is 3.20. The van der Waals surface area contributed by atoms with Crippen LogP contribution in [0.25, 0.3) is 0 Å². The van der Waals surface area contributed by atoms with Crippen molar-refractivity contribution in [3.8, 4) is 0 Å². The van der Waals surface area contributed by atoms with Crippen LogP contribution in [0.1, 0.15) is 18.9 Å². The molecule has 2 atom stereocenters. The summed E-state index contributed by atoms with van der Waals surface area (Å²) in [6, 6.07) is 4.90. The monoisotopic (exact) mass is 326 g/mol. The van der Waals surface area contributed by atoms with E-state index in [4.69, 9.17) is 4.74 Å². The Morgan fingerprint density at radius 2 is 2.09 bits per heavy atom. The first-order valence-corrected chi connectivity index (χ1v) is 8.67. The summed E-state index contributed by atoms with van der Waals surface area (Å²) < 4.78 is 31.1. The van der Waals surface area contributed by atoms with E-state index in [2.05, 4.69) is 5.32 Å². The number of carbonyl (C=O) groups excluding carboxylic acids is 1. The van der Waals surface area contributed by atoms with E-state index >= 15 is 0 Å². The number of nitrogens with one attached hydrogen (secondary N) is 1. The summed E-state index contributed by atoms with van der Waals surface area (Å²) in [5, 5.41) is 2.77. The van der Waals surface area contributed by atoms with Crippen molar-refractivity contribution < 1.29 is 17.9 Å². The van der Waals surface area contributed by atoms with Gasteiger partial charge >= 0.3 is 0 Å². The Bertz CT molecular complexity index is 670. The molecule has 1 amide bonds. The van der Waals surface area contributed by atoms with Crippen LogP contribution in [0, 0.1) is 12.8 Å². The maximum atomic E-state index is 12.3. The molecule has 1 aromatic carbocycles. The Balaban J connectivity index is 2.16. The van der Waals surface area contributed by atoms with Gasteiger partial charge in [0.2, 0.25) is 15.9 Å². The summed E-state index contributed by atoms with van der Waals surface area (Å²) in [6.45, 7) is 4.21. The van der Waals surface area contributed by atoms with Gasteiger partial charge in [0.15, 0.2) is 0 Å². The third-order valence-electron chi connectivity index (χ3n) is 3.66. The van der Waals surface area contributed by atoms with Crippen molar-refractivity contribution in [2.24, 2.45) is 5.92 Å². The number of sulfonamides is 1. The van der Waals surface area contributed by atoms with Crippen molar-refractivity contribution in [3.63, 3.8) is 0 Å². The third kappa shape index (κ3) is 3.48. The van der Waals surface area contributed by atoms with Crippen LogP contribution in [-0.2, 0) is 19.6 Å². The maximum absolute atomic E-state index is 12.3. The Hall–Kier alpha value is -1.44. The molecule has 0 heterocycles. The first kappa shape index (κ1) is 16.9. The number of hydrogen-bond acceptors (Lipinski definition) is 4. The van der Waals surface area contributed by atoms with Crippen molar-refractivity contribution in [1.29, 1.82) is 0 Å². The molecule has 1 fully saturated rings. The first-order valence-electron chi connectivity index (χ1n) is 7.23. The normalized spacial score (nSPS) is 21.0. The lowest BCUT2D eigenvalue weighted by atomic mass is 10.2. The fraction of sp³-hybridized carbons (Fsp3) is 0.533. The van der Waals surface area contributed by atoms with Gasteiger partial charge in [-0.1, -0.05) is 6.07 Å². The van der Waals surface area contributed by atoms with Gasteiger partial charge in [0.1, 0.15) is 0 Å². The minimum absolute atomic E-state index is 0.0135. The maximum Gasteiger partial charge on any atom is 0.242 e. The number of benzene rings is 1. The van der Waals surface area contributed by atoms with Crippen LogP contribution in [-0.4, -0.2) is 45.4 Å². The summed E-state index contributed by atoms with van der Waals surface area (Å²) in [5.41, 5.74) is 1.13. The second kappa shape index (κ2) is 6.36. The van der Waals surface area contributed by atoms with Gasteiger partial charge in [-0.2, -0.15) is 0 Å². The molecule has 1 N–H and O–H groups in total. The SMILES string of the molecule is CCOC1CC1C(=O)Nc1ccc(C)c(S(=O)(=O)N(C)C)c1. The summed E-state index contributed by atoms with van der Waals surface area (Å²) in [4.78, 5) is 12.3. The zero-order chi connectivity index (χ0) is 16.5. The number of nitrogens with zero attached hydrogens (tertiary/aromatic N) is 1. The van der Waals surface area contributed by atoms with Crippen LogP contribution >= 0.6 is 0 Å². The Kier molecular flexibility index (Phi) is 4.89. The van der Waals surface area contributed by atoms with E-state index in [1.165, 1.54) is 20.2 Å². The molecule has 7 heteroatoms. The molecule has 0 aliphatic heterocycles. The van der Waals surface area contributed by atoms with Gasteiger partial charge in [-0.05, 0) is 38.0 Å². The van der Waals surface area contributed by atoms with Gasteiger partial charge in [-0.25, -0.2) is 12.7 Å². The number of hydrogen-bond donors (Lipinski definition) is 1. The molecule has 6 nitrogen and oxygen atoms in total. The molecule has 0 bridgehead atoms. The largest absolute Gasteiger partial charge is 0.378 e. The highest BCUT2D eigenvalue weighted by atomic mass is 32.2. The zero-order valence-corrected chi connectivity index (χ0v) is 14.1. The van der Waals surface area contributed by atoms with Crippen LogP contribution in [0.3, 0.4) is 0 Å². The second-order valence-electron chi connectivity index (χ2n) is 5.59. The van der Waals surface area contributed by atoms with Crippen LogP contribution in [0.5, 0.6) is 0 Å². The van der Waals surface area contributed by atoms with Gasteiger partial charge in [0.25, 0.3) is 0 Å². The molecule has 2 rings (SSSR count). The molecule has 0 spiro atoms. The van der Waals surface area contributed by atoms with Crippen molar-refractivity contribution >= 4 is 21.6 Å². The molecule has 1 aliphatic rings. The molecule has 0 saturated heterocycles. The molecule has 1 saturated carbocycles. The van der Waals surface area contributed by atoms with Crippen LogP contribution < -0.4 is 5.32 Å². The third-order valence-corrected chi connectivity index (χ3v) is 5.62. The molecule has 1 aromatic rings. The van der Waals surface area contributed by atoms with Crippen molar-refractivity contribution in [2.45, 2.75) is 31.3 Å². The quantitative estimate of drug-likeness (QED) is 0.862. The van der Waals surface area contributed by atoms with Crippen LogP contribution in [0.15, 0.2) is 23.1 Å². The summed E-state index contributed by atoms with van der Waals surface area (Å²) in [6.07, 6.45) is 0.703. The summed E-state index contributed by atoms with van der Waals surface area (Å²) in [7, 11) is -0.566. The summed E-state index contributed by atoms with van der Waals surface area (Å²) >= 11 is 0. The van der Waals surface area contributed by atoms with Gasteiger partial charge in [-0.3, -0.25) is 4.79 Å². The molecule has 0 aromatic heterocycles. The first-order chi connectivity index (χ1) is 10.3. The highest BCUT2D eigenvalue weighted by Gasteiger charge is 2.44. The van der Waals surface area contributed by atoms with E-state index in [9.17, 15) is 13.2 Å².